The third kappa shape index (κ3) is 3.75. The zero-order valence-electron chi connectivity index (χ0n) is 9.12. The Morgan fingerprint density at radius 3 is 2.75 bits per heavy atom. The fourth-order valence-electron chi connectivity index (χ4n) is 1.54. The van der Waals surface area contributed by atoms with Crippen LogP contribution in [0.1, 0.15) is 31.4 Å². The first kappa shape index (κ1) is 12.9. The molecule has 3 N–H and O–H groups in total. The molecule has 0 aromatic heterocycles. The zero-order valence-corrected chi connectivity index (χ0v) is 9.12. The predicted molar refractivity (Wildman–Crippen MR) is 58.0 cm³/mol. The number of halogens is 2. The molecule has 90 valence electrons. The lowest BCUT2D eigenvalue weighted by Gasteiger charge is -2.16. The molecule has 0 saturated carbocycles. The Balaban J connectivity index is 2.79. The summed E-state index contributed by atoms with van der Waals surface area (Å²) < 4.78 is 28.4. The molecule has 1 unspecified atom stereocenters. The molecule has 0 saturated heterocycles. The number of rotatable bonds is 6. The van der Waals surface area contributed by atoms with Crippen molar-refractivity contribution in [3.63, 3.8) is 0 Å². The molecule has 0 spiro atoms. The van der Waals surface area contributed by atoms with Gasteiger partial charge in [-0.05, 0) is 24.1 Å². The predicted octanol–water partition coefficient (Wildman–Crippen LogP) is 2.59. The molecule has 1 aromatic rings. The van der Waals surface area contributed by atoms with Crippen LogP contribution in [0.3, 0.4) is 0 Å². The van der Waals surface area contributed by atoms with Crippen molar-refractivity contribution >= 4 is 0 Å². The lowest BCUT2D eigenvalue weighted by molar-refractivity contribution is -0.0499. The molecule has 1 atom stereocenters. The molecule has 3 nitrogen and oxygen atoms in total. The Labute approximate surface area is 93.6 Å². The number of nitrogens with two attached hydrogens (primary N) is 1. The second-order valence-corrected chi connectivity index (χ2v) is 3.46. The largest absolute Gasteiger partial charge is 0.435 e. The van der Waals surface area contributed by atoms with Gasteiger partial charge in [-0.2, -0.15) is 8.78 Å². The molecule has 0 aliphatic rings. The fourth-order valence-corrected chi connectivity index (χ4v) is 1.54. The molecule has 1 aromatic carbocycles. The number of ether oxygens (including phenoxy) is 1. The van der Waals surface area contributed by atoms with Crippen molar-refractivity contribution < 1.29 is 13.5 Å². The topological polar surface area (TPSA) is 47.3 Å². The standard InChI is InChI=1S/C11H16F2N2O/c1-2-4-10(15-14)8-5-3-6-9(7-8)16-11(12)13/h3,5-7,10-11,15H,2,4,14H2,1H3. The molecule has 0 amide bonds. The van der Waals surface area contributed by atoms with E-state index >= 15 is 0 Å². The summed E-state index contributed by atoms with van der Waals surface area (Å²) >= 11 is 0. The van der Waals surface area contributed by atoms with E-state index in [2.05, 4.69) is 10.2 Å². The van der Waals surface area contributed by atoms with Gasteiger partial charge in [-0.1, -0.05) is 25.5 Å². The molecule has 0 radical (unpaired) electrons. The van der Waals surface area contributed by atoms with E-state index in [4.69, 9.17) is 5.84 Å². The molecule has 0 aliphatic carbocycles. The highest BCUT2D eigenvalue weighted by atomic mass is 19.3. The summed E-state index contributed by atoms with van der Waals surface area (Å²) in [6.07, 6.45) is 1.80. The first-order valence-electron chi connectivity index (χ1n) is 5.18. The Morgan fingerprint density at radius 1 is 1.44 bits per heavy atom. The van der Waals surface area contributed by atoms with Crippen LogP contribution in [0.15, 0.2) is 24.3 Å². The minimum atomic E-state index is -2.80. The Morgan fingerprint density at radius 2 is 2.19 bits per heavy atom. The molecule has 0 fully saturated rings. The number of hydrogen-bond donors (Lipinski definition) is 2. The van der Waals surface area contributed by atoms with Crippen LogP contribution in [-0.4, -0.2) is 6.61 Å². The Bertz CT molecular complexity index is 321. The van der Waals surface area contributed by atoms with Crippen LogP contribution in [-0.2, 0) is 0 Å². The molecule has 0 bridgehead atoms. The van der Waals surface area contributed by atoms with Crippen LogP contribution in [0.4, 0.5) is 8.78 Å². The number of benzene rings is 1. The molecular formula is C11H16F2N2O. The maximum Gasteiger partial charge on any atom is 0.387 e. The van der Waals surface area contributed by atoms with E-state index in [9.17, 15) is 8.78 Å². The Kier molecular flexibility index (Phi) is 5.14. The maximum atomic E-state index is 12.0. The van der Waals surface area contributed by atoms with Gasteiger partial charge in [0.25, 0.3) is 0 Å². The van der Waals surface area contributed by atoms with Gasteiger partial charge in [0.2, 0.25) is 0 Å². The minimum absolute atomic E-state index is 0.0359. The van der Waals surface area contributed by atoms with Crippen LogP contribution in [0, 0.1) is 0 Å². The molecule has 0 heterocycles. The summed E-state index contributed by atoms with van der Waals surface area (Å²) in [5, 5.41) is 0. The van der Waals surface area contributed by atoms with Crippen LogP contribution in [0.5, 0.6) is 5.75 Å². The van der Waals surface area contributed by atoms with Crippen molar-refractivity contribution in [3.8, 4) is 5.75 Å². The normalized spacial score (nSPS) is 12.8. The number of hydrazine groups is 1. The van der Waals surface area contributed by atoms with Gasteiger partial charge in [0, 0.05) is 6.04 Å². The summed E-state index contributed by atoms with van der Waals surface area (Å²) in [6, 6.07) is 6.54. The minimum Gasteiger partial charge on any atom is -0.435 e. The van der Waals surface area contributed by atoms with Gasteiger partial charge in [-0.15, -0.1) is 0 Å². The van der Waals surface area contributed by atoms with Crippen LogP contribution in [0.2, 0.25) is 0 Å². The van der Waals surface area contributed by atoms with Crippen molar-refractivity contribution in [3.05, 3.63) is 29.8 Å². The van der Waals surface area contributed by atoms with Gasteiger partial charge < -0.3 is 4.74 Å². The number of alkyl halides is 2. The molecule has 5 heteroatoms. The maximum absolute atomic E-state index is 12.0. The average molecular weight is 230 g/mol. The van der Waals surface area contributed by atoms with Gasteiger partial charge in [-0.25, -0.2) is 0 Å². The molecule has 1 rings (SSSR count). The first-order valence-corrected chi connectivity index (χ1v) is 5.18. The van der Waals surface area contributed by atoms with Crippen LogP contribution >= 0.6 is 0 Å². The van der Waals surface area contributed by atoms with E-state index in [0.29, 0.717) is 0 Å². The second-order valence-electron chi connectivity index (χ2n) is 3.46. The summed E-state index contributed by atoms with van der Waals surface area (Å²) in [7, 11) is 0. The van der Waals surface area contributed by atoms with E-state index in [-0.39, 0.29) is 11.8 Å². The van der Waals surface area contributed by atoms with Crippen molar-refractivity contribution in [1.82, 2.24) is 5.43 Å². The average Bonchev–Trinajstić information content (AvgIpc) is 2.25. The SMILES string of the molecule is CCCC(NN)c1cccc(OC(F)F)c1. The lowest BCUT2D eigenvalue weighted by atomic mass is 10.0. The first-order chi connectivity index (χ1) is 7.67. The quantitative estimate of drug-likeness (QED) is 0.583. The summed E-state index contributed by atoms with van der Waals surface area (Å²) in [4.78, 5) is 0. The van der Waals surface area contributed by atoms with E-state index in [1.54, 1.807) is 12.1 Å². The molecule has 16 heavy (non-hydrogen) atoms. The highest BCUT2D eigenvalue weighted by Crippen LogP contribution is 2.23. The van der Waals surface area contributed by atoms with Crippen molar-refractivity contribution in [2.45, 2.75) is 32.4 Å². The van der Waals surface area contributed by atoms with Gasteiger partial charge in [0.1, 0.15) is 5.75 Å². The summed E-state index contributed by atoms with van der Waals surface area (Å²) in [5.41, 5.74) is 3.51. The summed E-state index contributed by atoms with van der Waals surface area (Å²) in [5.74, 6) is 5.56. The second kappa shape index (κ2) is 6.40. The summed E-state index contributed by atoms with van der Waals surface area (Å²) in [6.45, 7) is -0.769. The highest BCUT2D eigenvalue weighted by Gasteiger charge is 2.10. The van der Waals surface area contributed by atoms with Gasteiger partial charge in [-0.3, -0.25) is 11.3 Å². The van der Waals surface area contributed by atoms with Gasteiger partial charge in [0.05, 0.1) is 0 Å². The molecule has 0 aliphatic heterocycles. The van der Waals surface area contributed by atoms with Gasteiger partial charge in [0.15, 0.2) is 0 Å². The van der Waals surface area contributed by atoms with E-state index < -0.39 is 6.61 Å². The number of hydrogen-bond acceptors (Lipinski definition) is 3. The third-order valence-electron chi connectivity index (χ3n) is 2.26. The monoisotopic (exact) mass is 230 g/mol. The highest BCUT2D eigenvalue weighted by molar-refractivity contribution is 5.30. The zero-order chi connectivity index (χ0) is 12.0. The van der Waals surface area contributed by atoms with Crippen molar-refractivity contribution in [2.75, 3.05) is 0 Å². The third-order valence-corrected chi connectivity index (χ3v) is 2.26. The van der Waals surface area contributed by atoms with Crippen molar-refractivity contribution in [2.24, 2.45) is 5.84 Å². The van der Waals surface area contributed by atoms with Crippen LogP contribution < -0.4 is 16.0 Å². The van der Waals surface area contributed by atoms with Crippen LogP contribution in [0.25, 0.3) is 0 Å². The van der Waals surface area contributed by atoms with E-state index in [1.165, 1.54) is 6.07 Å². The lowest BCUT2D eigenvalue weighted by Crippen LogP contribution is -2.27. The van der Waals surface area contributed by atoms with Crippen molar-refractivity contribution in [1.29, 1.82) is 0 Å². The van der Waals surface area contributed by atoms with Gasteiger partial charge >= 0.3 is 6.61 Å². The number of nitrogens with one attached hydrogen (secondary N) is 1. The Hall–Kier alpha value is -1.20. The van der Waals surface area contributed by atoms with E-state index in [0.717, 1.165) is 18.4 Å². The van der Waals surface area contributed by atoms with E-state index in [1.807, 2.05) is 13.0 Å². The smallest absolute Gasteiger partial charge is 0.387 e. The molecular weight excluding hydrogens is 214 g/mol. The fraction of sp³-hybridized carbons (Fsp3) is 0.455.